The highest BCUT2D eigenvalue weighted by Gasteiger charge is 2.20. The number of carbonyl (C=O) groups excluding carboxylic acids is 3. The minimum Gasteiger partial charge on any atom is -0.454 e. The lowest BCUT2D eigenvalue weighted by atomic mass is 10.0. The summed E-state index contributed by atoms with van der Waals surface area (Å²) in [6, 6.07) is 22.3. The molecule has 0 radical (unpaired) electrons. The van der Waals surface area contributed by atoms with E-state index < -0.39 is 24.0 Å². The molecule has 0 aliphatic rings. The molecule has 32 heavy (non-hydrogen) atoms. The van der Waals surface area contributed by atoms with Gasteiger partial charge in [0.15, 0.2) is 0 Å². The molecule has 0 aliphatic heterocycles. The summed E-state index contributed by atoms with van der Waals surface area (Å²) in [6.45, 7) is 6.01. The number of hydrogen-bond acceptors (Lipinski definition) is 5. The van der Waals surface area contributed by atoms with Crippen molar-refractivity contribution in [2.45, 2.75) is 39.2 Å². The van der Waals surface area contributed by atoms with Gasteiger partial charge in [-0.2, -0.15) is 0 Å². The number of rotatable bonds is 7. The van der Waals surface area contributed by atoms with E-state index >= 15 is 0 Å². The maximum absolute atomic E-state index is 12.6. The summed E-state index contributed by atoms with van der Waals surface area (Å²) in [7, 11) is 0. The second-order valence-electron chi connectivity index (χ2n) is 7.75. The van der Waals surface area contributed by atoms with Crippen LogP contribution in [-0.4, -0.2) is 17.9 Å². The standard InChI is InChI=1S/C27H26O5/c1-4-24(31-25(28)20-9-6-5-7-10-20)22-11-8-12-23(17-22)27(30)32-26(29)21-15-13-19(14-16-21)18(2)3/h5-18,24H,4H2,1-3H3. The lowest BCUT2D eigenvalue weighted by molar-refractivity contribution is 0.0287. The highest BCUT2D eigenvalue weighted by molar-refractivity contribution is 6.02. The van der Waals surface area contributed by atoms with E-state index in [0.717, 1.165) is 5.56 Å². The number of carbonyl (C=O) groups is 3. The van der Waals surface area contributed by atoms with E-state index in [-0.39, 0.29) is 5.56 Å². The minimum absolute atomic E-state index is 0.212. The third-order valence-electron chi connectivity index (χ3n) is 5.12. The topological polar surface area (TPSA) is 69.7 Å². The van der Waals surface area contributed by atoms with Crippen molar-refractivity contribution in [1.82, 2.24) is 0 Å². The highest BCUT2D eigenvalue weighted by atomic mass is 16.6. The van der Waals surface area contributed by atoms with Crippen molar-refractivity contribution >= 4 is 17.9 Å². The quantitative estimate of drug-likeness (QED) is 0.334. The van der Waals surface area contributed by atoms with E-state index in [0.29, 0.717) is 29.0 Å². The first kappa shape index (κ1) is 22.9. The molecule has 0 aromatic heterocycles. The predicted molar refractivity (Wildman–Crippen MR) is 122 cm³/mol. The van der Waals surface area contributed by atoms with Gasteiger partial charge in [-0.3, -0.25) is 0 Å². The fourth-order valence-electron chi connectivity index (χ4n) is 3.23. The van der Waals surface area contributed by atoms with Crippen LogP contribution in [0.4, 0.5) is 0 Å². The summed E-state index contributed by atoms with van der Waals surface area (Å²) in [4.78, 5) is 37.4. The highest BCUT2D eigenvalue weighted by Crippen LogP contribution is 2.24. The van der Waals surface area contributed by atoms with E-state index in [1.807, 2.05) is 25.1 Å². The lowest BCUT2D eigenvalue weighted by Gasteiger charge is -2.17. The molecule has 5 heteroatoms. The van der Waals surface area contributed by atoms with E-state index in [1.54, 1.807) is 60.7 Å². The van der Waals surface area contributed by atoms with E-state index in [2.05, 4.69) is 13.8 Å². The van der Waals surface area contributed by atoms with Crippen molar-refractivity contribution < 1.29 is 23.9 Å². The van der Waals surface area contributed by atoms with Crippen LogP contribution in [0.5, 0.6) is 0 Å². The Morgan fingerprint density at radius 2 is 1.28 bits per heavy atom. The molecular formula is C27H26O5. The smallest absolute Gasteiger partial charge is 0.346 e. The Kier molecular flexibility index (Phi) is 7.55. The van der Waals surface area contributed by atoms with Gasteiger partial charge < -0.3 is 9.47 Å². The van der Waals surface area contributed by atoms with E-state index in [4.69, 9.17) is 9.47 Å². The van der Waals surface area contributed by atoms with Crippen LogP contribution in [-0.2, 0) is 9.47 Å². The van der Waals surface area contributed by atoms with Gasteiger partial charge in [0.2, 0.25) is 0 Å². The Bertz CT molecular complexity index is 1080. The number of ether oxygens (including phenoxy) is 2. The van der Waals surface area contributed by atoms with Crippen LogP contribution in [0.25, 0.3) is 0 Å². The maximum Gasteiger partial charge on any atom is 0.346 e. The van der Waals surface area contributed by atoms with Gasteiger partial charge >= 0.3 is 17.9 Å². The van der Waals surface area contributed by atoms with Gasteiger partial charge in [0.05, 0.1) is 16.7 Å². The molecule has 5 nitrogen and oxygen atoms in total. The average molecular weight is 431 g/mol. The first-order valence-electron chi connectivity index (χ1n) is 10.6. The van der Waals surface area contributed by atoms with Crippen LogP contribution < -0.4 is 0 Å². The molecule has 0 amide bonds. The first-order chi connectivity index (χ1) is 15.4. The Balaban J connectivity index is 1.70. The fourth-order valence-corrected chi connectivity index (χ4v) is 3.23. The Labute approximate surface area is 188 Å². The second kappa shape index (κ2) is 10.5. The molecule has 3 rings (SSSR count). The molecule has 3 aromatic carbocycles. The van der Waals surface area contributed by atoms with Gasteiger partial charge in [-0.15, -0.1) is 0 Å². The molecule has 0 saturated carbocycles. The molecule has 0 saturated heterocycles. The SMILES string of the molecule is CCC(OC(=O)c1ccccc1)c1cccc(C(=O)OC(=O)c2ccc(C(C)C)cc2)c1. The summed E-state index contributed by atoms with van der Waals surface area (Å²) < 4.78 is 10.7. The Morgan fingerprint density at radius 1 is 0.688 bits per heavy atom. The second-order valence-corrected chi connectivity index (χ2v) is 7.75. The van der Waals surface area contributed by atoms with Crippen molar-refractivity contribution in [3.8, 4) is 0 Å². The minimum atomic E-state index is -0.756. The third kappa shape index (κ3) is 5.70. The molecule has 1 unspecified atom stereocenters. The number of esters is 3. The summed E-state index contributed by atoms with van der Waals surface area (Å²) in [6.07, 6.45) is -0.00666. The largest absolute Gasteiger partial charge is 0.454 e. The zero-order chi connectivity index (χ0) is 23.1. The molecular weight excluding hydrogens is 404 g/mol. The summed E-state index contributed by atoms with van der Waals surface area (Å²) in [5, 5.41) is 0. The summed E-state index contributed by atoms with van der Waals surface area (Å²) in [5.74, 6) is -1.57. The zero-order valence-corrected chi connectivity index (χ0v) is 18.4. The molecule has 0 heterocycles. The first-order valence-corrected chi connectivity index (χ1v) is 10.6. The maximum atomic E-state index is 12.6. The Hall–Kier alpha value is -3.73. The lowest BCUT2D eigenvalue weighted by Crippen LogP contribution is -2.14. The fraction of sp³-hybridized carbons (Fsp3) is 0.222. The van der Waals surface area contributed by atoms with Crippen molar-refractivity contribution in [1.29, 1.82) is 0 Å². The van der Waals surface area contributed by atoms with Gasteiger partial charge in [0.25, 0.3) is 0 Å². The van der Waals surface area contributed by atoms with Crippen LogP contribution >= 0.6 is 0 Å². The van der Waals surface area contributed by atoms with Crippen LogP contribution in [0.3, 0.4) is 0 Å². The van der Waals surface area contributed by atoms with Crippen molar-refractivity contribution in [3.05, 3.63) is 107 Å². The van der Waals surface area contributed by atoms with Gasteiger partial charge in [-0.1, -0.05) is 63.2 Å². The summed E-state index contributed by atoms with van der Waals surface area (Å²) in [5.41, 5.74) is 2.72. The van der Waals surface area contributed by atoms with Crippen molar-refractivity contribution in [2.75, 3.05) is 0 Å². The van der Waals surface area contributed by atoms with Crippen LogP contribution in [0.2, 0.25) is 0 Å². The van der Waals surface area contributed by atoms with Crippen LogP contribution in [0, 0.1) is 0 Å². The molecule has 0 spiro atoms. The predicted octanol–water partition coefficient (Wildman–Crippen LogP) is 6.12. The average Bonchev–Trinajstić information content (AvgIpc) is 2.83. The summed E-state index contributed by atoms with van der Waals surface area (Å²) >= 11 is 0. The molecule has 0 fully saturated rings. The number of hydrogen-bond donors (Lipinski definition) is 0. The van der Waals surface area contributed by atoms with Crippen LogP contribution in [0.15, 0.2) is 78.9 Å². The Morgan fingerprint density at radius 3 is 1.91 bits per heavy atom. The van der Waals surface area contributed by atoms with Crippen LogP contribution in [0.1, 0.15) is 81.4 Å². The zero-order valence-electron chi connectivity index (χ0n) is 18.4. The monoisotopic (exact) mass is 430 g/mol. The molecule has 3 aromatic rings. The van der Waals surface area contributed by atoms with E-state index in [1.165, 1.54) is 0 Å². The molecule has 1 atom stereocenters. The third-order valence-corrected chi connectivity index (χ3v) is 5.12. The van der Waals surface area contributed by atoms with Gasteiger partial charge in [0, 0.05) is 0 Å². The van der Waals surface area contributed by atoms with Crippen molar-refractivity contribution in [2.24, 2.45) is 0 Å². The van der Waals surface area contributed by atoms with E-state index in [9.17, 15) is 14.4 Å². The molecule has 0 N–H and O–H groups in total. The normalized spacial score (nSPS) is 11.6. The van der Waals surface area contributed by atoms with Gasteiger partial charge in [0.1, 0.15) is 6.10 Å². The molecule has 0 bridgehead atoms. The van der Waals surface area contributed by atoms with Crippen molar-refractivity contribution in [3.63, 3.8) is 0 Å². The molecule has 164 valence electrons. The van der Waals surface area contributed by atoms with Gasteiger partial charge in [-0.25, -0.2) is 14.4 Å². The number of benzene rings is 3. The molecule has 0 aliphatic carbocycles. The van der Waals surface area contributed by atoms with Gasteiger partial charge in [-0.05, 0) is 59.9 Å².